The normalized spacial score (nSPS) is 10.5. The summed E-state index contributed by atoms with van der Waals surface area (Å²) in [4.78, 5) is 0. The molecule has 0 amide bonds. The van der Waals surface area contributed by atoms with Gasteiger partial charge in [-0.05, 0) is 123 Å². The molecule has 0 aliphatic carbocycles. The van der Waals surface area contributed by atoms with Crippen molar-refractivity contribution in [1.82, 2.24) is 0 Å². The van der Waals surface area contributed by atoms with E-state index in [0.29, 0.717) is 0 Å². The van der Waals surface area contributed by atoms with E-state index in [1.54, 1.807) is 0 Å². The van der Waals surface area contributed by atoms with Crippen LogP contribution in [-0.2, 0) is 6.42 Å². The van der Waals surface area contributed by atoms with Crippen molar-refractivity contribution < 1.29 is 0 Å². The highest BCUT2D eigenvalue weighted by Gasteiger charge is 2.00. The molecule has 0 atom stereocenters. The lowest BCUT2D eigenvalue weighted by atomic mass is 10.0. The molecule has 8 aromatic rings. The van der Waals surface area contributed by atoms with E-state index in [9.17, 15) is 0 Å². The van der Waals surface area contributed by atoms with E-state index >= 15 is 0 Å². The van der Waals surface area contributed by atoms with E-state index < -0.39 is 0 Å². The van der Waals surface area contributed by atoms with E-state index in [1.165, 1.54) is 83.5 Å². The largest absolute Gasteiger partial charge is 0.0985 e. The van der Waals surface area contributed by atoms with Crippen molar-refractivity contribution in [3.8, 4) is 44.5 Å². The van der Waals surface area contributed by atoms with Gasteiger partial charge in [-0.1, -0.05) is 259 Å². The van der Waals surface area contributed by atoms with Gasteiger partial charge in [-0.2, -0.15) is 0 Å². The van der Waals surface area contributed by atoms with Crippen molar-refractivity contribution in [2.24, 2.45) is 0 Å². The molecule has 8 rings (SSSR count). The van der Waals surface area contributed by atoms with Gasteiger partial charge in [0.2, 0.25) is 0 Å². The van der Waals surface area contributed by atoms with Crippen LogP contribution in [0.4, 0.5) is 0 Å². The number of hydrogen-bond donors (Lipinski definition) is 0. The Morgan fingerprint density at radius 3 is 0.825 bits per heavy atom. The fraction of sp³-hybridized carbons (Fsp3) is 0.143. The monoisotopic (exact) mass is 821 g/mol. The first-order chi connectivity index (χ1) is 30.6. The highest BCUT2D eigenvalue weighted by molar-refractivity contribution is 5.68. The van der Waals surface area contributed by atoms with Crippen molar-refractivity contribution in [3.05, 3.63) is 263 Å². The number of benzene rings is 8. The SMILES string of the molecule is C/C=C/CCc1ccc(-c2ccc(C)cc2)cc1.C/C=C/c1ccc(-c2ccc(C)cc2)cc1.C=Cc1ccc(-c2ccc(C)cc2)cc1.Cc1ccc(-c2ccc(C)cc2)cc1. The zero-order chi connectivity index (χ0) is 44.8. The minimum absolute atomic E-state index is 1.12. The lowest BCUT2D eigenvalue weighted by Crippen LogP contribution is -1.84. The maximum atomic E-state index is 3.74. The second-order valence-corrected chi connectivity index (χ2v) is 16.1. The van der Waals surface area contributed by atoms with Gasteiger partial charge in [-0.25, -0.2) is 0 Å². The van der Waals surface area contributed by atoms with Crippen LogP contribution in [0.3, 0.4) is 0 Å². The Kier molecular flexibility index (Phi) is 18.7. The molecule has 0 nitrogen and oxygen atoms in total. The summed E-state index contributed by atoms with van der Waals surface area (Å²) in [6.07, 6.45) is 12.6. The molecule has 0 saturated carbocycles. The van der Waals surface area contributed by atoms with Crippen LogP contribution in [0.1, 0.15) is 64.8 Å². The van der Waals surface area contributed by atoms with Crippen LogP contribution in [0.2, 0.25) is 0 Å². The summed E-state index contributed by atoms with van der Waals surface area (Å²) in [5, 5.41) is 0. The average Bonchev–Trinajstić information content (AvgIpc) is 3.32. The quantitative estimate of drug-likeness (QED) is 0.127. The topological polar surface area (TPSA) is 0 Å². The summed E-state index contributed by atoms with van der Waals surface area (Å²) in [5.41, 5.74) is 20.5. The van der Waals surface area contributed by atoms with Crippen molar-refractivity contribution in [1.29, 1.82) is 0 Å². The molecule has 0 spiro atoms. The van der Waals surface area contributed by atoms with Gasteiger partial charge >= 0.3 is 0 Å². The van der Waals surface area contributed by atoms with Gasteiger partial charge in [0.15, 0.2) is 0 Å². The average molecular weight is 821 g/mol. The fourth-order valence-corrected chi connectivity index (χ4v) is 6.80. The van der Waals surface area contributed by atoms with E-state index in [2.05, 4.69) is 267 Å². The first kappa shape index (κ1) is 47.0. The molecule has 316 valence electrons. The van der Waals surface area contributed by atoms with Gasteiger partial charge in [0.25, 0.3) is 0 Å². The number of hydrogen-bond acceptors (Lipinski definition) is 0. The molecular weight excluding hydrogens is 757 g/mol. The van der Waals surface area contributed by atoms with Gasteiger partial charge in [0, 0.05) is 0 Å². The first-order valence-corrected chi connectivity index (χ1v) is 22.1. The summed E-state index contributed by atoms with van der Waals surface area (Å²) in [6, 6.07) is 69.1. The van der Waals surface area contributed by atoms with Crippen molar-refractivity contribution >= 4 is 12.2 Å². The first-order valence-electron chi connectivity index (χ1n) is 22.1. The maximum Gasteiger partial charge on any atom is -0.0184 e. The number of rotatable bonds is 9. The predicted molar refractivity (Wildman–Crippen MR) is 279 cm³/mol. The van der Waals surface area contributed by atoms with Gasteiger partial charge in [-0.15, -0.1) is 0 Å². The van der Waals surface area contributed by atoms with Crippen LogP contribution < -0.4 is 0 Å². The zero-order valence-electron chi connectivity index (χ0n) is 38.5. The van der Waals surface area contributed by atoms with E-state index in [4.69, 9.17) is 0 Å². The van der Waals surface area contributed by atoms with Crippen LogP contribution in [0.15, 0.2) is 219 Å². The molecule has 0 N–H and O–H groups in total. The fourth-order valence-electron chi connectivity index (χ4n) is 6.80. The number of allylic oxidation sites excluding steroid dienone is 3. The third kappa shape index (κ3) is 15.8. The lowest BCUT2D eigenvalue weighted by molar-refractivity contribution is 1.000. The Morgan fingerprint density at radius 1 is 0.317 bits per heavy atom. The molecule has 0 bridgehead atoms. The third-order valence-corrected chi connectivity index (χ3v) is 10.8. The molecule has 0 fully saturated rings. The Morgan fingerprint density at radius 2 is 0.571 bits per heavy atom. The molecule has 63 heavy (non-hydrogen) atoms. The van der Waals surface area contributed by atoms with E-state index in [0.717, 1.165) is 18.4 Å². The predicted octanol–water partition coefficient (Wildman–Crippen LogP) is 18.1. The van der Waals surface area contributed by atoms with Crippen LogP contribution in [-0.4, -0.2) is 0 Å². The van der Waals surface area contributed by atoms with Gasteiger partial charge in [0.05, 0.1) is 0 Å². The molecular formula is C63H64. The highest BCUT2D eigenvalue weighted by Crippen LogP contribution is 2.24. The Labute approximate surface area is 379 Å². The zero-order valence-corrected chi connectivity index (χ0v) is 38.5. The second-order valence-electron chi connectivity index (χ2n) is 16.1. The molecule has 0 heteroatoms. The molecule has 0 radical (unpaired) electrons. The maximum absolute atomic E-state index is 3.74. The van der Waals surface area contributed by atoms with Crippen LogP contribution in [0.25, 0.3) is 56.7 Å². The molecule has 0 saturated heterocycles. The highest BCUT2D eigenvalue weighted by atomic mass is 14.1. The van der Waals surface area contributed by atoms with E-state index in [-0.39, 0.29) is 0 Å². The lowest BCUT2D eigenvalue weighted by Gasteiger charge is -2.04. The third-order valence-electron chi connectivity index (χ3n) is 10.8. The molecule has 8 aromatic carbocycles. The molecule has 0 heterocycles. The van der Waals surface area contributed by atoms with Crippen LogP contribution in [0, 0.1) is 34.6 Å². The summed E-state index contributed by atoms with van der Waals surface area (Å²) in [7, 11) is 0. The van der Waals surface area contributed by atoms with E-state index in [1.807, 2.05) is 13.0 Å². The molecule has 0 aliphatic heterocycles. The number of aryl methyl sites for hydroxylation is 6. The second kappa shape index (κ2) is 25.0. The van der Waals surface area contributed by atoms with Crippen LogP contribution >= 0.6 is 0 Å². The Bertz CT molecular complexity index is 2540. The summed E-state index contributed by atoms with van der Waals surface area (Å²) >= 11 is 0. The smallest absolute Gasteiger partial charge is 0.0184 e. The van der Waals surface area contributed by atoms with Crippen LogP contribution in [0.5, 0.6) is 0 Å². The van der Waals surface area contributed by atoms with Gasteiger partial charge < -0.3 is 0 Å². The van der Waals surface area contributed by atoms with Gasteiger partial charge in [-0.3, -0.25) is 0 Å². The van der Waals surface area contributed by atoms with Crippen molar-refractivity contribution in [2.45, 2.75) is 61.3 Å². The minimum Gasteiger partial charge on any atom is -0.0985 e. The Balaban J connectivity index is 0.000000159. The Hall–Kier alpha value is -7.02. The molecule has 0 aliphatic rings. The molecule has 0 unspecified atom stereocenters. The van der Waals surface area contributed by atoms with Crippen molar-refractivity contribution in [3.63, 3.8) is 0 Å². The molecule has 0 aromatic heterocycles. The van der Waals surface area contributed by atoms with Crippen molar-refractivity contribution in [2.75, 3.05) is 0 Å². The summed E-state index contributed by atoms with van der Waals surface area (Å²) in [5.74, 6) is 0. The minimum atomic E-state index is 1.12. The van der Waals surface area contributed by atoms with Gasteiger partial charge in [0.1, 0.15) is 0 Å². The standard InChI is InChI=1S/C18H20.C16H16.C15H14.C14H14/c1-3-4-5-6-16-9-13-18(14-10-16)17-11-7-15(2)8-12-17;1-3-4-14-7-11-16(12-8-14)15-9-5-13(2)6-10-15;1-3-13-6-10-15(11-7-13)14-8-4-12(2)5-9-14;1-11-3-7-13(8-4-11)14-9-5-12(2)6-10-14/h3-4,7-14H,5-6H2,1-2H3;3-12H,1-2H3;3-11H,1H2,2H3;3-10H,1-2H3/b2*4-3+;;. The summed E-state index contributed by atoms with van der Waals surface area (Å²) in [6.45, 7) is 18.4. The summed E-state index contributed by atoms with van der Waals surface area (Å²) < 4.78 is 0.